The molecule has 148 valence electrons. The van der Waals surface area contributed by atoms with Crippen molar-refractivity contribution in [3.63, 3.8) is 0 Å². The molecule has 0 aromatic heterocycles. The normalized spacial score (nSPS) is 10.1. The van der Waals surface area contributed by atoms with Gasteiger partial charge in [0.2, 0.25) is 0 Å². The molecule has 0 fully saturated rings. The van der Waals surface area contributed by atoms with Crippen LogP contribution in [0.2, 0.25) is 5.02 Å². The fourth-order valence-corrected chi connectivity index (χ4v) is 2.65. The molecular formula is C20H26Cl2N2O3. The zero-order valence-electron chi connectivity index (χ0n) is 15.8. The van der Waals surface area contributed by atoms with E-state index in [0.717, 1.165) is 18.4 Å². The molecule has 1 amide bonds. The Balaban J connectivity index is 0.00000364. The van der Waals surface area contributed by atoms with E-state index in [1.165, 1.54) is 0 Å². The summed E-state index contributed by atoms with van der Waals surface area (Å²) in [4.78, 5) is 12.7. The van der Waals surface area contributed by atoms with Gasteiger partial charge in [-0.25, -0.2) is 0 Å². The SMILES string of the molecule is CCCCOc1c(Cl)cc(C(=O)Nc2cc(N)ccc2C)cc1OCC.Cl. The number of halogens is 2. The van der Waals surface area contributed by atoms with Crippen molar-refractivity contribution in [2.24, 2.45) is 0 Å². The second-order valence-electron chi connectivity index (χ2n) is 5.95. The van der Waals surface area contributed by atoms with Gasteiger partial charge in [-0.3, -0.25) is 4.79 Å². The fraction of sp³-hybridized carbons (Fsp3) is 0.350. The van der Waals surface area contributed by atoms with Gasteiger partial charge >= 0.3 is 0 Å². The van der Waals surface area contributed by atoms with Crippen LogP contribution in [0.4, 0.5) is 11.4 Å². The molecule has 0 atom stereocenters. The zero-order chi connectivity index (χ0) is 19.1. The largest absolute Gasteiger partial charge is 0.490 e. The van der Waals surface area contributed by atoms with Crippen molar-refractivity contribution in [3.8, 4) is 11.5 Å². The molecule has 0 spiro atoms. The van der Waals surface area contributed by atoms with E-state index < -0.39 is 0 Å². The molecule has 0 aliphatic rings. The number of ether oxygens (including phenoxy) is 2. The number of nitrogen functional groups attached to an aromatic ring is 1. The number of hydrogen-bond donors (Lipinski definition) is 2. The molecule has 0 saturated carbocycles. The maximum Gasteiger partial charge on any atom is 0.255 e. The van der Waals surface area contributed by atoms with Gasteiger partial charge in [-0.2, -0.15) is 0 Å². The topological polar surface area (TPSA) is 73.6 Å². The smallest absolute Gasteiger partial charge is 0.255 e. The highest BCUT2D eigenvalue weighted by atomic mass is 35.5. The van der Waals surface area contributed by atoms with Gasteiger partial charge in [-0.15, -0.1) is 12.4 Å². The predicted molar refractivity (Wildman–Crippen MR) is 114 cm³/mol. The summed E-state index contributed by atoms with van der Waals surface area (Å²) in [5, 5.41) is 3.21. The van der Waals surface area contributed by atoms with E-state index in [9.17, 15) is 4.79 Å². The van der Waals surface area contributed by atoms with E-state index >= 15 is 0 Å². The third kappa shape index (κ3) is 6.22. The summed E-state index contributed by atoms with van der Waals surface area (Å²) in [5.74, 6) is 0.644. The van der Waals surface area contributed by atoms with Gasteiger partial charge in [0.1, 0.15) is 0 Å². The monoisotopic (exact) mass is 412 g/mol. The van der Waals surface area contributed by atoms with Crippen LogP contribution in [0.15, 0.2) is 30.3 Å². The molecule has 5 nitrogen and oxygen atoms in total. The number of amides is 1. The van der Waals surface area contributed by atoms with Crippen LogP contribution < -0.4 is 20.5 Å². The van der Waals surface area contributed by atoms with E-state index in [2.05, 4.69) is 12.2 Å². The maximum absolute atomic E-state index is 12.7. The Kier molecular flexibility index (Phi) is 9.26. The number of rotatable bonds is 8. The first-order valence-corrected chi connectivity index (χ1v) is 9.10. The molecule has 2 aromatic carbocycles. The standard InChI is InChI=1S/C20H25ClN2O3.ClH/c1-4-6-9-26-19-16(21)10-14(11-18(19)25-5-2)20(24)23-17-12-15(22)8-7-13(17)3;/h7-8,10-12H,4-6,9,22H2,1-3H3,(H,23,24);1H. The highest BCUT2D eigenvalue weighted by Crippen LogP contribution is 2.37. The number of carbonyl (C=O) groups is 1. The highest BCUT2D eigenvalue weighted by Gasteiger charge is 2.17. The second kappa shape index (κ2) is 10.9. The van der Waals surface area contributed by atoms with Gasteiger partial charge in [0, 0.05) is 16.9 Å². The van der Waals surface area contributed by atoms with E-state index in [-0.39, 0.29) is 18.3 Å². The predicted octanol–water partition coefficient (Wildman–Crippen LogP) is 5.48. The van der Waals surface area contributed by atoms with Crippen molar-refractivity contribution in [3.05, 3.63) is 46.5 Å². The van der Waals surface area contributed by atoms with E-state index in [1.54, 1.807) is 24.3 Å². The highest BCUT2D eigenvalue weighted by molar-refractivity contribution is 6.32. The lowest BCUT2D eigenvalue weighted by molar-refractivity contribution is 0.102. The minimum Gasteiger partial charge on any atom is -0.490 e. The molecular weight excluding hydrogens is 387 g/mol. The maximum atomic E-state index is 12.7. The van der Waals surface area contributed by atoms with E-state index in [4.69, 9.17) is 26.8 Å². The Morgan fingerprint density at radius 2 is 1.93 bits per heavy atom. The van der Waals surface area contributed by atoms with E-state index in [1.807, 2.05) is 19.9 Å². The van der Waals surface area contributed by atoms with Crippen LogP contribution in [0.3, 0.4) is 0 Å². The lowest BCUT2D eigenvalue weighted by Gasteiger charge is -2.15. The lowest BCUT2D eigenvalue weighted by Crippen LogP contribution is -2.14. The number of nitrogens with two attached hydrogens (primary N) is 1. The summed E-state index contributed by atoms with van der Waals surface area (Å²) in [5.41, 5.74) is 8.35. The minimum atomic E-state index is -0.290. The minimum absolute atomic E-state index is 0. The first-order chi connectivity index (χ1) is 12.5. The van der Waals surface area contributed by atoms with Crippen LogP contribution in [-0.2, 0) is 0 Å². The van der Waals surface area contributed by atoms with Crippen molar-refractivity contribution in [2.75, 3.05) is 24.3 Å². The molecule has 0 saturated heterocycles. The molecule has 0 heterocycles. The van der Waals surface area contributed by atoms with Crippen LogP contribution in [0.25, 0.3) is 0 Å². The Hall–Kier alpha value is -2.11. The van der Waals surface area contributed by atoms with Crippen LogP contribution in [0, 0.1) is 6.92 Å². The van der Waals surface area contributed by atoms with Crippen molar-refractivity contribution in [1.82, 2.24) is 0 Å². The second-order valence-corrected chi connectivity index (χ2v) is 6.36. The van der Waals surface area contributed by atoms with E-state index in [0.29, 0.717) is 46.7 Å². The molecule has 0 aliphatic heterocycles. The van der Waals surface area contributed by atoms with Crippen LogP contribution >= 0.6 is 24.0 Å². The number of hydrogen-bond acceptors (Lipinski definition) is 4. The Morgan fingerprint density at radius 3 is 2.59 bits per heavy atom. The quantitative estimate of drug-likeness (QED) is 0.444. The lowest BCUT2D eigenvalue weighted by atomic mass is 10.1. The first-order valence-electron chi connectivity index (χ1n) is 8.72. The van der Waals surface area contributed by atoms with Crippen molar-refractivity contribution < 1.29 is 14.3 Å². The van der Waals surface area contributed by atoms with Crippen LogP contribution in [0.5, 0.6) is 11.5 Å². The van der Waals surface area contributed by atoms with Crippen LogP contribution in [-0.4, -0.2) is 19.1 Å². The molecule has 0 unspecified atom stereocenters. The van der Waals surface area contributed by atoms with Gasteiger partial charge in [0.05, 0.1) is 18.2 Å². The van der Waals surface area contributed by atoms with Gasteiger partial charge < -0.3 is 20.5 Å². The number of carbonyl (C=O) groups excluding carboxylic acids is 1. The number of benzene rings is 2. The Morgan fingerprint density at radius 1 is 1.19 bits per heavy atom. The molecule has 7 heteroatoms. The van der Waals surface area contributed by atoms with Gasteiger partial charge in [-0.05, 0) is 50.1 Å². The average molecular weight is 413 g/mol. The van der Waals surface area contributed by atoms with Crippen molar-refractivity contribution in [1.29, 1.82) is 0 Å². The fourth-order valence-electron chi connectivity index (χ4n) is 2.39. The van der Waals surface area contributed by atoms with Crippen molar-refractivity contribution in [2.45, 2.75) is 33.6 Å². The van der Waals surface area contributed by atoms with Crippen LogP contribution in [0.1, 0.15) is 42.6 Å². The summed E-state index contributed by atoms with van der Waals surface area (Å²) < 4.78 is 11.4. The molecule has 0 bridgehead atoms. The number of anilines is 2. The summed E-state index contributed by atoms with van der Waals surface area (Å²) in [6.07, 6.45) is 1.93. The van der Waals surface area contributed by atoms with Gasteiger partial charge in [0.15, 0.2) is 11.5 Å². The Bertz CT molecular complexity index is 782. The summed E-state index contributed by atoms with van der Waals surface area (Å²) in [6.45, 7) is 6.84. The number of nitrogens with one attached hydrogen (secondary N) is 1. The molecule has 2 rings (SSSR count). The summed E-state index contributed by atoms with van der Waals surface area (Å²) >= 11 is 6.35. The zero-order valence-corrected chi connectivity index (χ0v) is 17.4. The Labute approximate surface area is 171 Å². The molecule has 0 aliphatic carbocycles. The van der Waals surface area contributed by atoms with Gasteiger partial charge in [-0.1, -0.05) is 31.0 Å². The molecule has 0 radical (unpaired) electrons. The average Bonchev–Trinajstić information content (AvgIpc) is 2.60. The number of unbranched alkanes of at least 4 members (excludes halogenated alkanes) is 1. The summed E-state index contributed by atoms with van der Waals surface area (Å²) in [6, 6.07) is 8.60. The first kappa shape index (κ1) is 22.9. The van der Waals surface area contributed by atoms with Gasteiger partial charge in [0.25, 0.3) is 5.91 Å². The molecule has 3 N–H and O–H groups in total. The molecule has 2 aromatic rings. The van der Waals surface area contributed by atoms with Crippen molar-refractivity contribution >= 4 is 41.3 Å². The number of aryl methyl sites for hydroxylation is 1. The third-order valence-electron chi connectivity index (χ3n) is 3.83. The third-order valence-corrected chi connectivity index (χ3v) is 4.11. The summed E-state index contributed by atoms with van der Waals surface area (Å²) in [7, 11) is 0. The molecule has 27 heavy (non-hydrogen) atoms.